The van der Waals surface area contributed by atoms with Crippen molar-refractivity contribution in [2.75, 3.05) is 32.6 Å². The van der Waals surface area contributed by atoms with E-state index in [9.17, 15) is 24.4 Å². The van der Waals surface area contributed by atoms with Gasteiger partial charge in [-0.2, -0.15) is 5.26 Å². The van der Waals surface area contributed by atoms with Gasteiger partial charge in [0.1, 0.15) is 11.6 Å². The van der Waals surface area contributed by atoms with Gasteiger partial charge < -0.3 is 24.8 Å². The van der Waals surface area contributed by atoms with Gasteiger partial charge in [0.05, 0.1) is 37.0 Å². The summed E-state index contributed by atoms with van der Waals surface area (Å²) in [5.41, 5.74) is 0.160. The molecule has 1 amide bonds. The number of piperidine rings is 1. The average Bonchev–Trinajstić information content (AvgIpc) is 2.78. The summed E-state index contributed by atoms with van der Waals surface area (Å²) in [6.07, 6.45) is 1.75. The molecule has 1 fully saturated rings. The number of carboxylic acids is 1. The topological polar surface area (TPSA) is 146 Å². The maximum Gasteiger partial charge on any atom is 0.339 e. The van der Waals surface area contributed by atoms with Crippen LogP contribution >= 0.6 is 0 Å². The van der Waals surface area contributed by atoms with Crippen LogP contribution < -0.4 is 5.32 Å². The lowest BCUT2D eigenvalue weighted by molar-refractivity contribution is -0.145. The fraction of sp³-hybridized carbons (Fsp3) is 0.350. The summed E-state index contributed by atoms with van der Waals surface area (Å²) in [5.74, 6) is -3.28. The summed E-state index contributed by atoms with van der Waals surface area (Å²) in [5, 5.41) is 21.1. The van der Waals surface area contributed by atoms with E-state index in [2.05, 4.69) is 10.1 Å². The second kappa shape index (κ2) is 10.1. The van der Waals surface area contributed by atoms with Crippen LogP contribution in [-0.4, -0.2) is 61.1 Å². The van der Waals surface area contributed by atoms with Gasteiger partial charge in [0.15, 0.2) is 0 Å². The Morgan fingerprint density at radius 3 is 2.33 bits per heavy atom. The lowest BCUT2D eigenvalue weighted by Crippen LogP contribution is -2.40. The number of esters is 2. The summed E-state index contributed by atoms with van der Waals surface area (Å²) in [4.78, 5) is 48.8. The molecule has 0 spiro atoms. The van der Waals surface area contributed by atoms with Gasteiger partial charge in [-0.25, -0.2) is 9.59 Å². The van der Waals surface area contributed by atoms with E-state index in [1.54, 1.807) is 6.07 Å². The third-order valence-electron chi connectivity index (χ3n) is 4.70. The van der Waals surface area contributed by atoms with Crippen molar-refractivity contribution < 1.29 is 33.8 Å². The molecule has 1 aliphatic rings. The van der Waals surface area contributed by atoms with Crippen LogP contribution in [-0.2, 0) is 19.1 Å². The highest BCUT2D eigenvalue weighted by Gasteiger charge is 2.28. The van der Waals surface area contributed by atoms with Crippen molar-refractivity contribution in [1.29, 1.82) is 5.26 Å². The van der Waals surface area contributed by atoms with Crippen molar-refractivity contribution >= 4 is 29.5 Å². The van der Waals surface area contributed by atoms with Crippen LogP contribution in [0.2, 0.25) is 0 Å². The van der Waals surface area contributed by atoms with Gasteiger partial charge in [0.2, 0.25) is 0 Å². The molecule has 0 unspecified atom stereocenters. The molecule has 158 valence electrons. The minimum atomic E-state index is -0.902. The number of carboxylic acid groups (broad SMARTS) is 1. The Morgan fingerprint density at radius 1 is 1.17 bits per heavy atom. The number of nitriles is 1. The van der Waals surface area contributed by atoms with Crippen molar-refractivity contribution in [2.24, 2.45) is 5.92 Å². The lowest BCUT2D eigenvalue weighted by atomic mass is 9.97. The first kappa shape index (κ1) is 22.4. The Morgan fingerprint density at radius 2 is 1.80 bits per heavy atom. The summed E-state index contributed by atoms with van der Waals surface area (Å²) in [6, 6.07) is 5.88. The first-order valence-electron chi connectivity index (χ1n) is 9.02. The first-order valence-corrected chi connectivity index (χ1v) is 9.02. The van der Waals surface area contributed by atoms with Gasteiger partial charge in [-0.05, 0) is 31.0 Å². The molecule has 0 aliphatic carbocycles. The Labute approximate surface area is 172 Å². The largest absolute Gasteiger partial charge is 0.481 e. The fourth-order valence-corrected chi connectivity index (χ4v) is 2.99. The van der Waals surface area contributed by atoms with Crippen LogP contribution in [0.1, 0.15) is 33.6 Å². The Hall–Kier alpha value is -3.87. The Kier molecular flexibility index (Phi) is 7.52. The molecule has 0 saturated carbocycles. The van der Waals surface area contributed by atoms with Crippen molar-refractivity contribution in [2.45, 2.75) is 12.8 Å². The number of carbonyl (C=O) groups excluding carboxylic acids is 3. The number of aliphatic carboxylic acids is 1. The highest BCUT2D eigenvalue weighted by Crippen LogP contribution is 2.22. The quantitative estimate of drug-likeness (QED) is 0.400. The standard InChI is InChI=1S/C20H21N3O7/c1-29-19(27)13-3-4-15(20(28)30-2)16(9-13)22-11-14(10-21)17(24)23-7-5-12(6-8-23)18(25)26/h3-4,9,11-12,22H,5-8H2,1-2H3,(H,25,26)/b14-11-. The van der Waals surface area contributed by atoms with E-state index in [0.29, 0.717) is 12.8 Å². The average molecular weight is 415 g/mol. The summed E-state index contributed by atoms with van der Waals surface area (Å²) in [6.45, 7) is 0.445. The van der Waals surface area contributed by atoms with E-state index in [1.807, 2.05) is 0 Å². The molecule has 0 aromatic heterocycles. The molecule has 30 heavy (non-hydrogen) atoms. The maximum absolute atomic E-state index is 12.6. The monoisotopic (exact) mass is 415 g/mol. The van der Waals surface area contributed by atoms with Gasteiger partial charge in [-0.1, -0.05) is 0 Å². The number of hydrogen-bond acceptors (Lipinski definition) is 8. The highest BCUT2D eigenvalue weighted by molar-refractivity contribution is 6.00. The number of hydrogen-bond donors (Lipinski definition) is 2. The number of nitrogens with one attached hydrogen (secondary N) is 1. The van der Waals surface area contributed by atoms with Gasteiger partial charge in [0, 0.05) is 19.3 Å². The summed E-state index contributed by atoms with van der Waals surface area (Å²) >= 11 is 0. The lowest BCUT2D eigenvalue weighted by Gasteiger charge is -2.29. The fourth-order valence-electron chi connectivity index (χ4n) is 2.99. The van der Waals surface area contributed by atoms with Gasteiger partial charge >= 0.3 is 17.9 Å². The molecule has 10 nitrogen and oxygen atoms in total. The number of rotatable bonds is 6. The van der Waals surface area contributed by atoms with E-state index >= 15 is 0 Å². The van der Waals surface area contributed by atoms with E-state index in [-0.39, 0.29) is 35.5 Å². The second-order valence-electron chi connectivity index (χ2n) is 6.46. The predicted molar refractivity (Wildman–Crippen MR) is 103 cm³/mol. The molecule has 1 heterocycles. The zero-order valence-electron chi connectivity index (χ0n) is 16.5. The van der Waals surface area contributed by atoms with E-state index in [4.69, 9.17) is 9.84 Å². The predicted octanol–water partition coefficient (Wildman–Crippen LogP) is 1.40. The highest BCUT2D eigenvalue weighted by atomic mass is 16.5. The minimum Gasteiger partial charge on any atom is -0.481 e. The molecule has 1 aromatic rings. The van der Waals surface area contributed by atoms with Crippen LogP contribution in [0.5, 0.6) is 0 Å². The van der Waals surface area contributed by atoms with Crippen LogP contribution in [0.3, 0.4) is 0 Å². The number of benzene rings is 1. The maximum atomic E-state index is 12.6. The molecule has 10 heteroatoms. The molecular formula is C20H21N3O7. The molecule has 0 radical (unpaired) electrons. The molecule has 2 rings (SSSR count). The van der Waals surface area contributed by atoms with E-state index in [1.165, 1.54) is 37.3 Å². The summed E-state index contributed by atoms with van der Waals surface area (Å²) in [7, 11) is 2.41. The third-order valence-corrected chi connectivity index (χ3v) is 4.70. The number of carbonyl (C=O) groups is 4. The van der Waals surface area contributed by atoms with Crippen molar-refractivity contribution in [1.82, 2.24) is 4.90 Å². The first-order chi connectivity index (χ1) is 14.3. The second-order valence-corrected chi connectivity index (χ2v) is 6.46. The van der Waals surface area contributed by atoms with E-state index < -0.39 is 29.7 Å². The van der Waals surface area contributed by atoms with Crippen molar-refractivity contribution in [3.8, 4) is 6.07 Å². The smallest absolute Gasteiger partial charge is 0.339 e. The number of amides is 1. The number of methoxy groups -OCH3 is 2. The Bertz CT molecular complexity index is 925. The molecule has 1 aromatic carbocycles. The minimum absolute atomic E-state index is 0.0911. The van der Waals surface area contributed by atoms with Crippen LogP contribution in [0, 0.1) is 17.2 Å². The van der Waals surface area contributed by atoms with Gasteiger partial charge in [-0.3, -0.25) is 9.59 Å². The van der Waals surface area contributed by atoms with E-state index in [0.717, 1.165) is 6.20 Å². The summed E-state index contributed by atoms with van der Waals surface area (Å²) < 4.78 is 9.36. The normalized spacial score (nSPS) is 14.4. The molecule has 2 N–H and O–H groups in total. The molecule has 0 atom stereocenters. The zero-order chi connectivity index (χ0) is 22.3. The number of nitrogens with zero attached hydrogens (tertiary/aromatic N) is 2. The third kappa shape index (κ3) is 5.14. The molecular weight excluding hydrogens is 394 g/mol. The number of likely N-dealkylation sites (tertiary alicyclic amines) is 1. The zero-order valence-corrected chi connectivity index (χ0v) is 16.5. The van der Waals surface area contributed by atoms with Crippen LogP contribution in [0.25, 0.3) is 0 Å². The Balaban J connectivity index is 2.23. The number of anilines is 1. The van der Waals surface area contributed by atoms with Gasteiger partial charge in [-0.15, -0.1) is 0 Å². The number of ether oxygens (including phenoxy) is 2. The van der Waals surface area contributed by atoms with Gasteiger partial charge in [0.25, 0.3) is 5.91 Å². The molecule has 1 aliphatic heterocycles. The van der Waals surface area contributed by atoms with Crippen molar-refractivity contribution in [3.63, 3.8) is 0 Å². The molecule has 1 saturated heterocycles. The van der Waals surface area contributed by atoms with Crippen LogP contribution in [0.4, 0.5) is 5.69 Å². The SMILES string of the molecule is COC(=O)c1ccc(C(=O)OC)c(N/C=C(/C#N)C(=O)N2CCC(C(=O)O)CC2)c1. The van der Waals surface area contributed by atoms with Crippen molar-refractivity contribution in [3.05, 3.63) is 41.1 Å². The molecule has 0 bridgehead atoms. The van der Waals surface area contributed by atoms with Crippen LogP contribution in [0.15, 0.2) is 30.0 Å².